The number of nitrogens with one attached hydrogen (secondary N) is 1. The maximum atomic E-state index is 12.1. The fourth-order valence-corrected chi connectivity index (χ4v) is 2.67. The number of ketones is 1. The second-order valence-electron chi connectivity index (χ2n) is 5.72. The van der Waals surface area contributed by atoms with Gasteiger partial charge in [-0.1, -0.05) is 0 Å². The van der Waals surface area contributed by atoms with Gasteiger partial charge in [-0.2, -0.15) is 0 Å². The van der Waals surface area contributed by atoms with Crippen molar-refractivity contribution in [1.82, 2.24) is 14.5 Å². The Morgan fingerprint density at radius 2 is 2.15 bits per heavy atom. The highest BCUT2D eigenvalue weighted by Crippen LogP contribution is 2.19. The standard InChI is InChI=1S/C14H21N3O3/c1-9(2)16-5-4-11(7-16)8-17-13(19)12(10(3)18)6-15-14(17)20/h6,9,11H,4-5,7-8H2,1-3H3,(H,15,20). The highest BCUT2D eigenvalue weighted by Gasteiger charge is 2.25. The highest BCUT2D eigenvalue weighted by molar-refractivity contribution is 5.93. The molecule has 1 N–H and O–H groups in total. The third kappa shape index (κ3) is 2.90. The van der Waals surface area contributed by atoms with Crippen LogP contribution in [0.25, 0.3) is 0 Å². The molecule has 0 aliphatic carbocycles. The molecule has 6 nitrogen and oxygen atoms in total. The fraction of sp³-hybridized carbons (Fsp3) is 0.643. The predicted molar refractivity (Wildman–Crippen MR) is 76.1 cm³/mol. The van der Waals surface area contributed by atoms with E-state index in [9.17, 15) is 14.4 Å². The molecular weight excluding hydrogens is 258 g/mol. The molecule has 0 radical (unpaired) electrons. The Kier molecular flexibility index (Phi) is 4.23. The molecule has 1 aromatic heterocycles. The molecule has 6 heteroatoms. The minimum Gasteiger partial charge on any atom is -0.313 e. The van der Waals surface area contributed by atoms with Crippen LogP contribution in [0, 0.1) is 5.92 Å². The molecule has 0 spiro atoms. The van der Waals surface area contributed by atoms with Crippen LogP contribution in [0.3, 0.4) is 0 Å². The van der Waals surface area contributed by atoms with Crippen molar-refractivity contribution >= 4 is 5.78 Å². The van der Waals surface area contributed by atoms with E-state index >= 15 is 0 Å². The Bertz CT molecular complexity index is 615. The molecule has 1 aliphatic heterocycles. The summed E-state index contributed by atoms with van der Waals surface area (Å²) in [5, 5.41) is 0. The van der Waals surface area contributed by atoms with Gasteiger partial charge in [-0.05, 0) is 39.7 Å². The van der Waals surface area contributed by atoms with E-state index in [2.05, 4.69) is 23.7 Å². The molecular formula is C14H21N3O3. The number of likely N-dealkylation sites (tertiary alicyclic amines) is 1. The average molecular weight is 279 g/mol. The largest absolute Gasteiger partial charge is 0.328 e. The molecule has 1 aliphatic rings. The molecule has 1 aromatic rings. The van der Waals surface area contributed by atoms with Gasteiger partial charge in [0.2, 0.25) is 0 Å². The lowest BCUT2D eigenvalue weighted by atomic mass is 10.1. The van der Waals surface area contributed by atoms with E-state index < -0.39 is 11.2 Å². The SMILES string of the molecule is CC(=O)c1c[nH]c(=O)n(CC2CCN(C(C)C)C2)c1=O. The summed E-state index contributed by atoms with van der Waals surface area (Å²) in [4.78, 5) is 40.1. The first kappa shape index (κ1) is 14.7. The van der Waals surface area contributed by atoms with Crippen molar-refractivity contribution in [3.8, 4) is 0 Å². The van der Waals surface area contributed by atoms with Crippen LogP contribution in [0.5, 0.6) is 0 Å². The molecule has 0 bridgehead atoms. The van der Waals surface area contributed by atoms with Crippen molar-refractivity contribution < 1.29 is 4.79 Å². The van der Waals surface area contributed by atoms with Gasteiger partial charge in [0.05, 0.1) is 5.56 Å². The van der Waals surface area contributed by atoms with Gasteiger partial charge in [0.25, 0.3) is 5.56 Å². The smallest absolute Gasteiger partial charge is 0.313 e. The molecule has 1 atom stereocenters. The lowest BCUT2D eigenvalue weighted by molar-refractivity contribution is 0.101. The van der Waals surface area contributed by atoms with Gasteiger partial charge in [0, 0.05) is 25.3 Å². The molecule has 0 aromatic carbocycles. The highest BCUT2D eigenvalue weighted by atomic mass is 16.2. The Morgan fingerprint density at radius 3 is 2.70 bits per heavy atom. The van der Waals surface area contributed by atoms with Crippen molar-refractivity contribution in [3.05, 3.63) is 32.6 Å². The third-order valence-electron chi connectivity index (χ3n) is 3.93. The van der Waals surface area contributed by atoms with E-state index in [1.165, 1.54) is 13.1 Å². The topological polar surface area (TPSA) is 75.2 Å². The summed E-state index contributed by atoms with van der Waals surface area (Å²) in [5.41, 5.74) is -0.879. The van der Waals surface area contributed by atoms with Gasteiger partial charge in [-0.15, -0.1) is 0 Å². The first-order chi connectivity index (χ1) is 9.40. The van der Waals surface area contributed by atoms with Crippen molar-refractivity contribution in [2.45, 2.75) is 39.8 Å². The number of nitrogens with zero attached hydrogens (tertiary/aromatic N) is 2. The second kappa shape index (κ2) is 5.75. The number of Topliss-reactive ketones (excluding diaryl/α,β-unsaturated/α-hetero) is 1. The molecule has 2 heterocycles. The zero-order chi connectivity index (χ0) is 14.9. The van der Waals surface area contributed by atoms with Crippen molar-refractivity contribution in [2.24, 2.45) is 5.92 Å². The molecule has 0 saturated carbocycles. The Labute approximate surface area is 117 Å². The zero-order valence-electron chi connectivity index (χ0n) is 12.2. The van der Waals surface area contributed by atoms with E-state index in [-0.39, 0.29) is 17.3 Å². The minimum absolute atomic E-state index is 0.0447. The lowest BCUT2D eigenvalue weighted by Crippen LogP contribution is -2.40. The van der Waals surface area contributed by atoms with Crippen LogP contribution in [-0.2, 0) is 6.54 Å². The van der Waals surface area contributed by atoms with Crippen molar-refractivity contribution in [3.63, 3.8) is 0 Å². The minimum atomic E-state index is -0.482. The summed E-state index contributed by atoms with van der Waals surface area (Å²) >= 11 is 0. The van der Waals surface area contributed by atoms with Crippen LogP contribution in [0.4, 0.5) is 0 Å². The number of carbonyl (C=O) groups excluding carboxylic acids is 1. The fourth-order valence-electron chi connectivity index (χ4n) is 2.67. The lowest BCUT2D eigenvalue weighted by Gasteiger charge is -2.20. The molecule has 110 valence electrons. The van der Waals surface area contributed by atoms with E-state index in [4.69, 9.17) is 0 Å². The van der Waals surface area contributed by atoms with E-state index in [0.717, 1.165) is 24.1 Å². The van der Waals surface area contributed by atoms with Crippen molar-refractivity contribution in [2.75, 3.05) is 13.1 Å². The number of aromatic amines is 1. The Hall–Kier alpha value is -1.69. The van der Waals surface area contributed by atoms with Crippen LogP contribution in [0.15, 0.2) is 15.8 Å². The second-order valence-corrected chi connectivity index (χ2v) is 5.72. The van der Waals surface area contributed by atoms with E-state index in [0.29, 0.717) is 12.6 Å². The van der Waals surface area contributed by atoms with Gasteiger partial charge in [0.1, 0.15) is 0 Å². The van der Waals surface area contributed by atoms with Gasteiger partial charge in [-0.25, -0.2) is 4.79 Å². The van der Waals surface area contributed by atoms with Crippen LogP contribution in [0.1, 0.15) is 37.6 Å². The Balaban J connectivity index is 2.23. The molecule has 1 saturated heterocycles. The number of aromatic nitrogens is 2. The summed E-state index contributed by atoms with van der Waals surface area (Å²) in [6.07, 6.45) is 2.17. The van der Waals surface area contributed by atoms with Gasteiger partial charge < -0.3 is 9.88 Å². The molecule has 20 heavy (non-hydrogen) atoms. The van der Waals surface area contributed by atoms with Gasteiger partial charge in [-0.3, -0.25) is 14.2 Å². The summed E-state index contributed by atoms with van der Waals surface area (Å²) < 4.78 is 1.16. The monoisotopic (exact) mass is 279 g/mol. The van der Waals surface area contributed by atoms with Crippen LogP contribution >= 0.6 is 0 Å². The number of hydrogen-bond donors (Lipinski definition) is 1. The molecule has 1 fully saturated rings. The van der Waals surface area contributed by atoms with Gasteiger partial charge >= 0.3 is 5.69 Å². The molecule has 0 amide bonds. The predicted octanol–water partition coefficient (Wildman–Crippen LogP) is 0.469. The molecule has 1 unspecified atom stereocenters. The average Bonchev–Trinajstić information content (AvgIpc) is 2.82. The van der Waals surface area contributed by atoms with E-state index in [1.807, 2.05) is 0 Å². The Morgan fingerprint density at radius 1 is 1.45 bits per heavy atom. The normalized spacial score (nSPS) is 19.7. The zero-order valence-corrected chi connectivity index (χ0v) is 12.2. The first-order valence-electron chi connectivity index (χ1n) is 6.97. The summed E-state index contributed by atoms with van der Waals surface area (Å²) in [6, 6.07) is 0.471. The molecule has 2 rings (SSSR count). The van der Waals surface area contributed by atoms with E-state index in [1.54, 1.807) is 0 Å². The first-order valence-corrected chi connectivity index (χ1v) is 6.97. The summed E-state index contributed by atoms with van der Waals surface area (Å²) in [6.45, 7) is 7.85. The maximum Gasteiger partial charge on any atom is 0.328 e. The quantitative estimate of drug-likeness (QED) is 0.813. The van der Waals surface area contributed by atoms with Crippen molar-refractivity contribution in [1.29, 1.82) is 0 Å². The number of carbonyl (C=O) groups is 1. The number of hydrogen-bond acceptors (Lipinski definition) is 4. The maximum absolute atomic E-state index is 12.1. The van der Waals surface area contributed by atoms with Crippen LogP contribution in [-0.4, -0.2) is 39.4 Å². The summed E-state index contributed by atoms with van der Waals surface area (Å²) in [5.74, 6) is -0.0476. The number of H-pyrrole nitrogens is 1. The van der Waals surface area contributed by atoms with Crippen LogP contribution in [0.2, 0.25) is 0 Å². The number of rotatable bonds is 4. The third-order valence-corrected chi connectivity index (χ3v) is 3.93. The van der Waals surface area contributed by atoms with Crippen LogP contribution < -0.4 is 11.2 Å². The summed E-state index contributed by atoms with van der Waals surface area (Å²) in [7, 11) is 0. The van der Waals surface area contributed by atoms with Gasteiger partial charge in [0.15, 0.2) is 5.78 Å².